The molecular formula is C13H22ClN3O. The molecule has 1 aromatic rings. The maximum absolute atomic E-state index is 9.84. The van der Waals surface area contributed by atoms with E-state index in [1.165, 1.54) is 0 Å². The second-order valence-corrected chi connectivity index (χ2v) is 4.75. The maximum atomic E-state index is 9.84. The van der Waals surface area contributed by atoms with Crippen molar-refractivity contribution in [1.29, 1.82) is 0 Å². The molecule has 3 N–H and O–H groups in total. The Hall–Kier alpha value is -0.810. The SMILES string of the molecule is CN1CCN(Cc2cc(CN)ccc2O)CC1.Cl. The largest absolute Gasteiger partial charge is 0.508 e. The molecule has 0 amide bonds. The molecule has 0 bridgehead atoms. The van der Waals surface area contributed by atoms with Gasteiger partial charge >= 0.3 is 0 Å². The van der Waals surface area contributed by atoms with Crippen LogP contribution in [0.3, 0.4) is 0 Å². The first-order valence-electron chi connectivity index (χ1n) is 6.11. The van der Waals surface area contributed by atoms with Crippen molar-refractivity contribution in [2.24, 2.45) is 5.73 Å². The zero-order valence-electron chi connectivity index (χ0n) is 10.8. The van der Waals surface area contributed by atoms with Gasteiger partial charge < -0.3 is 15.7 Å². The van der Waals surface area contributed by atoms with Crippen molar-refractivity contribution < 1.29 is 5.11 Å². The number of nitrogens with two attached hydrogens (primary N) is 1. The summed E-state index contributed by atoms with van der Waals surface area (Å²) in [6, 6.07) is 5.63. The van der Waals surface area contributed by atoms with Crippen LogP contribution in [-0.4, -0.2) is 48.1 Å². The fourth-order valence-corrected chi connectivity index (χ4v) is 2.14. The highest BCUT2D eigenvalue weighted by atomic mass is 35.5. The number of benzene rings is 1. The van der Waals surface area contributed by atoms with E-state index in [1.807, 2.05) is 12.1 Å². The summed E-state index contributed by atoms with van der Waals surface area (Å²) in [5, 5.41) is 9.84. The van der Waals surface area contributed by atoms with Crippen LogP contribution < -0.4 is 5.73 Å². The highest BCUT2D eigenvalue weighted by molar-refractivity contribution is 5.85. The molecule has 1 aliphatic rings. The molecule has 0 aromatic heterocycles. The van der Waals surface area contributed by atoms with Gasteiger partial charge in [0, 0.05) is 44.8 Å². The Morgan fingerprint density at radius 3 is 2.50 bits per heavy atom. The molecule has 1 heterocycles. The lowest BCUT2D eigenvalue weighted by Crippen LogP contribution is -2.43. The summed E-state index contributed by atoms with van der Waals surface area (Å²) in [6.07, 6.45) is 0. The number of piperazine rings is 1. The van der Waals surface area contributed by atoms with Gasteiger partial charge in [-0.3, -0.25) is 4.90 Å². The first-order valence-corrected chi connectivity index (χ1v) is 6.11. The summed E-state index contributed by atoms with van der Waals surface area (Å²) in [4.78, 5) is 4.70. The van der Waals surface area contributed by atoms with Crippen LogP contribution in [0.15, 0.2) is 18.2 Å². The molecule has 0 radical (unpaired) electrons. The Balaban J connectivity index is 0.00000162. The summed E-state index contributed by atoms with van der Waals surface area (Å²) >= 11 is 0. The summed E-state index contributed by atoms with van der Waals surface area (Å²) in [6.45, 7) is 5.64. The third kappa shape index (κ3) is 3.85. The van der Waals surface area contributed by atoms with Crippen LogP contribution in [0.5, 0.6) is 5.75 Å². The smallest absolute Gasteiger partial charge is 0.120 e. The zero-order chi connectivity index (χ0) is 12.3. The van der Waals surface area contributed by atoms with E-state index in [0.29, 0.717) is 12.3 Å². The molecule has 0 saturated carbocycles. The van der Waals surface area contributed by atoms with Crippen LogP contribution in [-0.2, 0) is 13.1 Å². The van der Waals surface area contributed by atoms with Crippen molar-refractivity contribution in [1.82, 2.24) is 9.80 Å². The van der Waals surface area contributed by atoms with Crippen LogP contribution in [0.1, 0.15) is 11.1 Å². The van der Waals surface area contributed by atoms with Crippen molar-refractivity contribution in [3.05, 3.63) is 29.3 Å². The van der Waals surface area contributed by atoms with E-state index in [1.54, 1.807) is 6.07 Å². The molecule has 102 valence electrons. The lowest BCUT2D eigenvalue weighted by molar-refractivity contribution is 0.147. The van der Waals surface area contributed by atoms with Crippen molar-refractivity contribution in [3.63, 3.8) is 0 Å². The number of hydrogen-bond donors (Lipinski definition) is 2. The molecule has 0 aliphatic carbocycles. The maximum Gasteiger partial charge on any atom is 0.120 e. The van der Waals surface area contributed by atoms with Gasteiger partial charge in [-0.05, 0) is 24.7 Å². The summed E-state index contributed by atoms with van der Waals surface area (Å²) in [7, 11) is 2.14. The molecule has 1 fully saturated rings. The second kappa shape index (κ2) is 6.95. The van der Waals surface area contributed by atoms with Gasteiger partial charge in [0.15, 0.2) is 0 Å². The van der Waals surface area contributed by atoms with E-state index in [-0.39, 0.29) is 12.4 Å². The summed E-state index contributed by atoms with van der Waals surface area (Å²) in [5.41, 5.74) is 7.68. The Kier molecular flexibility index (Phi) is 5.88. The Labute approximate surface area is 115 Å². The van der Waals surface area contributed by atoms with Crippen LogP contribution in [0.4, 0.5) is 0 Å². The molecule has 0 spiro atoms. The number of likely N-dealkylation sites (N-methyl/N-ethyl adjacent to an activating group) is 1. The lowest BCUT2D eigenvalue weighted by atomic mass is 10.1. The van der Waals surface area contributed by atoms with Crippen LogP contribution in [0.2, 0.25) is 0 Å². The molecular weight excluding hydrogens is 250 g/mol. The van der Waals surface area contributed by atoms with E-state index in [4.69, 9.17) is 5.73 Å². The molecule has 0 unspecified atom stereocenters. The standard InChI is InChI=1S/C13H21N3O.ClH/c1-15-4-6-16(7-5-15)10-12-8-11(9-14)2-3-13(12)17;/h2-3,8,17H,4-7,9-10,14H2,1H3;1H. The fourth-order valence-electron chi connectivity index (χ4n) is 2.14. The first-order chi connectivity index (χ1) is 8.19. The molecule has 5 heteroatoms. The molecule has 1 aromatic carbocycles. The van der Waals surface area contributed by atoms with E-state index in [0.717, 1.165) is 43.9 Å². The number of nitrogens with zero attached hydrogens (tertiary/aromatic N) is 2. The third-order valence-electron chi connectivity index (χ3n) is 3.37. The highest BCUT2D eigenvalue weighted by Gasteiger charge is 2.15. The average Bonchev–Trinajstić information content (AvgIpc) is 2.35. The number of aromatic hydroxyl groups is 1. The number of halogens is 1. The van der Waals surface area contributed by atoms with Gasteiger partial charge in [-0.2, -0.15) is 0 Å². The van der Waals surface area contributed by atoms with Gasteiger partial charge in [-0.15, -0.1) is 12.4 Å². The lowest BCUT2D eigenvalue weighted by Gasteiger charge is -2.32. The number of hydrogen-bond acceptors (Lipinski definition) is 4. The minimum Gasteiger partial charge on any atom is -0.508 e. The summed E-state index contributed by atoms with van der Waals surface area (Å²) in [5.74, 6) is 0.376. The van der Waals surface area contributed by atoms with Crippen molar-refractivity contribution in [3.8, 4) is 5.75 Å². The van der Waals surface area contributed by atoms with E-state index in [9.17, 15) is 5.11 Å². The predicted molar refractivity (Wildman–Crippen MR) is 76.0 cm³/mol. The number of phenolic OH excluding ortho intramolecular Hbond substituents is 1. The predicted octanol–water partition coefficient (Wildman–Crippen LogP) is 1.02. The molecule has 4 nitrogen and oxygen atoms in total. The normalized spacial score (nSPS) is 17.4. The average molecular weight is 272 g/mol. The molecule has 1 aliphatic heterocycles. The van der Waals surface area contributed by atoms with Gasteiger partial charge in [0.1, 0.15) is 5.75 Å². The van der Waals surface area contributed by atoms with Crippen LogP contribution >= 0.6 is 12.4 Å². The van der Waals surface area contributed by atoms with Crippen LogP contribution in [0, 0.1) is 0 Å². The quantitative estimate of drug-likeness (QED) is 0.862. The van der Waals surface area contributed by atoms with E-state index in [2.05, 4.69) is 16.8 Å². The fraction of sp³-hybridized carbons (Fsp3) is 0.538. The van der Waals surface area contributed by atoms with Gasteiger partial charge in [-0.25, -0.2) is 0 Å². The Morgan fingerprint density at radius 1 is 1.22 bits per heavy atom. The summed E-state index contributed by atoms with van der Waals surface area (Å²) < 4.78 is 0. The highest BCUT2D eigenvalue weighted by Crippen LogP contribution is 2.20. The topological polar surface area (TPSA) is 52.7 Å². The Morgan fingerprint density at radius 2 is 1.89 bits per heavy atom. The second-order valence-electron chi connectivity index (χ2n) is 4.75. The molecule has 2 rings (SSSR count). The van der Waals surface area contributed by atoms with Gasteiger partial charge in [-0.1, -0.05) is 6.07 Å². The minimum absolute atomic E-state index is 0. The molecule has 18 heavy (non-hydrogen) atoms. The number of rotatable bonds is 3. The van der Waals surface area contributed by atoms with Crippen molar-refractivity contribution >= 4 is 12.4 Å². The molecule has 0 atom stereocenters. The third-order valence-corrected chi connectivity index (χ3v) is 3.37. The first kappa shape index (κ1) is 15.2. The minimum atomic E-state index is 0. The van der Waals surface area contributed by atoms with E-state index >= 15 is 0 Å². The van der Waals surface area contributed by atoms with Gasteiger partial charge in [0.05, 0.1) is 0 Å². The van der Waals surface area contributed by atoms with Gasteiger partial charge in [0.2, 0.25) is 0 Å². The van der Waals surface area contributed by atoms with Crippen molar-refractivity contribution in [2.45, 2.75) is 13.1 Å². The van der Waals surface area contributed by atoms with Crippen LogP contribution in [0.25, 0.3) is 0 Å². The monoisotopic (exact) mass is 271 g/mol. The zero-order valence-corrected chi connectivity index (χ0v) is 11.6. The molecule has 1 saturated heterocycles. The van der Waals surface area contributed by atoms with Crippen molar-refractivity contribution in [2.75, 3.05) is 33.2 Å². The van der Waals surface area contributed by atoms with Gasteiger partial charge in [0.25, 0.3) is 0 Å². The Bertz CT molecular complexity index is 378. The number of phenols is 1. The van der Waals surface area contributed by atoms with E-state index < -0.39 is 0 Å².